The van der Waals surface area contributed by atoms with E-state index in [1.807, 2.05) is 0 Å². The van der Waals surface area contributed by atoms with Crippen LogP contribution in [0.5, 0.6) is 5.75 Å². The van der Waals surface area contributed by atoms with Gasteiger partial charge in [0.2, 0.25) is 10.0 Å². The number of ether oxygens (including phenoxy) is 1. The van der Waals surface area contributed by atoms with Crippen LogP contribution < -0.4 is 9.46 Å². The van der Waals surface area contributed by atoms with Crippen molar-refractivity contribution in [3.8, 4) is 11.4 Å². The van der Waals surface area contributed by atoms with E-state index in [4.69, 9.17) is 4.74 Å². The van der Waals surface area contributed by atoms with Gasteiger partial charge in [0, 0.05) is 19.2 Å². The lowest BCUT2D eigenvalue weighted by atomic mass is 10.1. The van der Waals surface area contributed by atoms with Crippen LogP contribution in [0, 0.1) is 0 Å². The van der Waals surface area contributed by atoms with E-state index in [2.05, 4.69) is 25.1 Å². The van der Waals surface area contributed by atoms with E-state index in [0.29, 0.717) is 18.0 Å². The standard InChI is InChI=1S/C15H22N6O3S/c1-24-15-11-13(5-6-14(15)21-12-16-18-19-21)25(22,23)17-7-10-20-8-3-2-4-9-20/h5-6,11-12,17H,2-4,7-10H2,1H3. The summed E-state index contributed by atoms with van der Waals surface area (Å²) >= 11 is 0. The molecule has 0 aliphatic carbocycles. The molecule has 0 unspecified atom stereocenters. The molecule has 0 bridgehead atoms. The molecule has 0 radical (unpaired) electrons. The minimum absolute atomic E-state index is 0.153. The Labute approximate surface area is 147 Å². The van der Waals surface area contributed by atoms with E-state index in [1.54, 1.807) is 6.07 Å². The summed E-state index contributed by atoms with van der Waals surface area (Å²) in [4.78, 5) is 2.44. The summed E-state index contributed by atoms with van der Waals surface area (Å²) in [6.07, 6.45) is 5.05. The van der Waals surface area contributed by atoms with Crippen LogP contribution in [0.2, 0.25) is 0 Å². The molecule has 0 saturated carbocycles. The van der Waals surface area contributed by atoms with Gasteiger partial charge >= 0.3 is 0 Å². The number of piperidine rings is 1. The predicted molar refractivity (Wildman–Crippen MR) is 91.2 cm³/mol. The van der Waals surface area contributed by atoms with E-state index >= 15 is 0 Å². The van der Waals surface area contributed by atoms with Gasteiger partial charge in [-0.3, -0.25) is 0 Å². The van der Waals surface area contributed by atoms with E-state index < -0.39 is 10.0 Å². The van der Waals surface area contributed by atoms with Crippen LogP contribution in [0.4, 0.5) is 0 Å². The van der Waals surface area contributed by atoms with Crippen molar-refractivity contribution in [1.82, 2.24) is 29.8 Å². The smallest absolute Gasteiger partial charge is 0.240 e. The molecule has 1 saturated heterocycles. The molecule has 9 nitrogen and oxygen atoms in total. The summed E-state index contributed by atoms with van der Waals surface area (Å²) in [7, 11) is -2.12. The van der Waals surface area contributed by atoms with Crippen molar-refractivity contribution >= 4 is 10.0 Å². The second kappa shape index (κ2) is 7.89. The zero-order valence-corrected chi connectivity index (χ0v) is 14.9. The molecule has 10 heteroatoms. The van der Waals surface area contributed by atoms with Crippen LogP contribution in [0.15, 0.2) is 29.4 Å². The maximum absolute atomic E-state index is 12.5. The van der Waals surface area contributed by atoms with Crippen molar-refractivity contribution in [2.75, 3.05) is 33.3 Å². The molecular weight excluding hydrogens is 344 g/mol. The topological polar surface area (TPSA) is 102 Å². The lowest BCUT2D eigenvalue weighted by Gasteiger charge is -2.26. The summed E-state index contributed by atoms with van der Waals surface area (Å²) < 4.78 is 34.4. The third kappa shape index (κ3) is 4.33. The summed E-state index contributed by atoms with van der Waals surface area (Å²) in [6, 6.07) is 4.61. The van der Waals surface area contributed by atoms with Crippen molar-refractivity contribution in [3.05, 3.63) is 24.5 Å². The SMILES string of the molecule is COc1cc(S(=O)(=O)NCCN2CCCCC2)ccc1-n1cnnn1. The van der Waals surface area contributed by atoms with Crippen LogP contribution >= 0.6 is 0 Å². The van der Waals surface area contributed by atoms with Gasteiger partial charge in [-0.25, -0.2) is 13.1 Å². The van der Waals surface area contributed by atoms with E-state index in [-0.39, 0.29) is 4.90 Å². The molecule has 2 aromatic rings. The number of aromatic nitrogens is 4. The second-order valence-electron chi connectivity index (χ2n) is 5.89. The lowest BCUT2D eigenvalue weighted by Crippen LogP contribution is -2.37. The first kappa shape index (κ1) is 17.8. The Morgan fingerprint density at radius 1 is 1.24 bits per heavy atom. The predicted octanol–water partition coefficient (Wildman–Crippen LogP) is 0.435. The molecule has 1 aliphatic heterocycles. The Kier molecular flexibility index (Phi) is 5.61. The van der Waals surface area contributed by atoms with Crippen molar-refractivity contribution in [3.63, 3.8) is 0 Å². The van der Waals surface area contributed by atoms with Gasteiger partial charge in [-0.05, 0) is 48.5 Å². The molecule has 0 amide bonds. The summed E-state index contributed by atoms with van der Waals surface area (Å²) in [5.41, 5.74) is 0.569. The third-order valence-corrected chi connectivity index (χ3v) is 5.68. The second-order valence-corrected chi connectivity index (χ2v) is 7.66. The molecule has 1 aromatic carbocycles. The van der Waals surface area contributed by atoms with Gasteiger partial charge in [0.25, 0.3) is 0 Å². The number of hydrogen-bond acceptors (Lipinski definition) is 7. The van der Waals surface area contributed by atoms with Crippen molar-refractivity contribution < 1.29 is 13.2 Å². The molecule has 2 heterocycles. The minimum atomic E-state index is -3.60. The molecule has 3 rings (SSSR count). The number of likely N-dealkylation sites (tertiary alicyclic amines) is 1. The highest BCUT2D eigenvalue weighted by Crippen LogP contribution is 2.25. The van der Waals surface area contributed by atoms with Crippen molar-refractivity contribution in [2.45, 2.75) is 24.2 Å². The lowest BCUT2D eigenvalue weighted by molar-refractivity contribution is 0.233. The number of nitrogens with zero attached hydrogens (tertiary/aromatic N) is 5. The van der Waals surface area contributed by atoms with E-state index in [0.717, 1.165) is 19.6 Å². The fourth-order valence-corrected chi connectivity index (χ4v) is 3.93. The maximum Gasteiger partial charge on any atom is 0.240 e. The van der Waals surface area contributed by atoms with Crippen molar-refractivity contribution in [2.24, 2.45) is 0 Å². The van der Waals surface area contributed by atoms with E-state index in [9.17, 15) is 8.42 Å². The van der Waals surface area contributed by atoms with Gasteiger partial charge in [-0.2, -0.15) is 4.68 Å². The Balaban J connectivity index is 1.69. The van der Waals surface area contributed by atoms with Crippen LogP contribution in [0.25, 0.3) is 5.69 Å². The normalized spacial score (nSPS) is 16.0. The molecule has 1 aliphatic rings. The first-order chi connectivity index (χ1) is 12.1. The fraction of sp³-hybridized carbons (Fsp3) is 0.533. The summed E-state index contributed by atoms with van der Waals surface area (Å²) in [6.45, 7) is 3.19. The Bertz CT molecular complexity index is 788. The first-order valence-corrected chi connectivity index (χ1v) is 9.72. The Hall–Kier alpha value is -2.04. The zero-order chi connectivity index (χ0) is 17.7. The number of nitrogens with one attached hydrogen (secondary N) is 1. The zero-order valence-electron chi connectivity index (χ0n) is 14.1. The first-order valence-electron chi connectivity index (χ1n) is 8.23. The number of rotatable bonds is 7. The third-order valence-electron chi connectivity index (χ3n) is 4.23. The van der Waals surface area contributed by atoms with E-state index in [1.165, 1.54) is 49.5 Å². The molecule has 1 fully saturated rings. The van der Waals surface area contributed by atoms with Crippen LogP contribution in [0.1, 0.15) is 19.3 Å². The Morgan fingerprint density at radius 3 is 2.72 bits per heavy atom. The van der Waals surface area contributed by atoms with Crippen LogP contribution in [-0.4, -0.2) is 66.8 Å². The van der Waals surface area contributed by atoms with Gasteiger partial charge in [0.1, 0.15) is 17.8 Å². The molecule has 1 aromatic heterocycles. The molecule has 0 spiro atoms. The molecule has 136 valence electrons. The number of hydrogen-bond donors (Lipinski definition) is 1. The largest absolute Gasteiger partial charge is 0.494 e. The highest BCUT2D eigenvalue weighted by Gasteiger charge is 2.18. The minimum Gasteiger partial charge on any atom is -0.494 e. The monoisotopic (exact) mass is 366 g/mol. The van der Waals surface area contributed by atoms with Gasteiger partial charge in [0.15, 0.2) is 0 Å². The van der Waals surface area contributed by atoms with Gasteiger partial charge in [-0.15, -0.1) is 5.10 Å². The van der Waals surface area contributed by atoms with Crippen LogP contribution in [0.3, 0.4) is 0 Å². The number of methoxy groups -OCH3 is 1. The number of sulfonamides is 1. The molecule has 25 heavy (non-hydrogen) atoms. The molecular formula is C15H22N6O3S. The van der Waals surface area contributed by atoms with Gasteiger partial charge in [-0.1, -0.05) is 6.42 Å². The Morgan fingerprint density at radius 2 is 2.04 bits per heavy atom. The molecule has 0 atom stereocenters. The fourth-order valence-electron chi connectivity index (χ4n) is 2.89. The highest BCUT2D eigenvalue weighted by atomic mass is 32.2. The van der Waals surface area contributed by atoms with Crippen LogP contribution in [-0.2, 0) is 10.0 Å². The molecule has 1 N–H and O–H groups in total. The van der Waals surface area contributed by atoms with Gasteiger partial charge < -0.3 is 9.64 Å². The summed E-state index contributed by atoms with van der Waals surface area (Å²) in [5.74, 6) is 0.381. The maximum atomic E-state index is 12.5. The van der Waals surface area contributed by atoms with Crippen molar-refractivity contribution in [1.29, 1.82) is 0 Å². The number of benzene rings is 1. The highest BCUT2D eigenvalue weighted by molar-refractivity contribution is 7.89. The van der Waals surface area contributed by atoms with Gasteiger partial charge in [0.05, 0.1) is 12.0 Å². The number of tetrazole rings is 1. The summed E-state index contributed by atoms with van der Waals surface area (Å²) in [5, 5.41) is 10.9. The average molecular weight is 366 g/mol. The quantitative estimate of drug-likeness (QED) is 0.758. The average Bonchev–Trinajstić information content (AvgIpc) is 3.16.